The third kappa shape index (κ3) is 1.82. The summed E-state index contributed by atoms with van der Waals surface area (Å²) < 4.78 is 0. The highest BCUT2D eigenvalue weighted by atomic mass is 16.1. The summed E-state index contributed by atoms with van der Waals surface area (Å²) in [6.45, 7) is 0. The van der Waals surface area contributed by atoms with Crippen LogP contribution >= 0.6 is 0 Å². The number of nitrogen functional groups attached to an aromatic ring is 1. The SMILES string of the molecule is N#Cc1ccc2cc(-c3ccccc3)[nH]c(=O)c2c1N. The van der Waals surface area contributed by atoms with Crippen LogP contribution in [0.4, 0.5) is 5.69 Å². The Bertz CT molecular complexity index is 889. The van der Waals surface area contributed by atoms with Gasteiger partial charge >= 0.3 is 0 Å². The number of anilines is 1. The second-order valence-electron chi connectivity index (χ2n) is 4.48. The zero-order chi connectivity index (χ0) is 14.1. The van der Waals surface area contributed by atoms with Gasteiger partial charge in [-0.05, 0) is 23.1 Å². The first kappa shape index (κ1) is 12.0. The van der Waals surface area contributed by atoms with E-state index in [1.54, 1.807) is 12.1 Å². The second kappa shape index (κ2) is 4.56. The molecule has 2 aromatic carbocycles. The molecule has 1 aromatic heterocycles. The Morgan fingerprint density at radius 1 is 1.10 bits per heavy atom. The molecular weight excluding hydrogens is 250 g/mol. The first-order valence-corrected chi connectivity index (χ1v) is 6.12. The topological polar surface area (TPSA) is 82.7 Å². The van der Waals surface area contributed by atoms with Gasteiger partial charge in [-0.3, -0.25) is 4.79 Å². The van der Waals surface area contributed by atoms with Crippen LogP contribution in [0.2, 0.25) is 0 Å². The molecule has 20 heavy (non-hydrogen) atoms. The molecule has 0 amide bonds. The number of pyridine rings is 1. The fourth-order valence-electron chi connectivity index (χ4n) is 2.26. The van der Waals surface area contributed by atoms with E-state index in [4.69, 9.17) is 11.0 Å². The number of hydrogen-bond donors (Lipinski definition) is 2. The summed E-state index contributed by atoms with van der Waals surface area (Å²) in [6.07, 6.45) is 0. The Balaban J connectivity index is 2.33. The van der Waals surface area contributed by atoms with E-state index in [9.17, 15) is 4.79 Å². The summed E-state index contributed by atoms with van der Waals surface area (Å²) in [5, 5.41) is 10.0. The van der Waals surface area contributed by atoms with Crippen LogP contribution in [0.5, 0.6) is 0 Å². The molecule has 0 aliphatic carbocycles. The van der Waals surface area contributed by atoms with E-state index in [-0.39, 0.29) is 11.2 Å². The maximum atomic E-state index is 12.2. The van der Waals surface area contributed by atoms with Crippen molar-refractivity contribution < 1.29 is 0 Å². The number of hydrogen-bond acceptors (Lipinski definition) is 3. The van der Waals surface area contributed by atoms with Crippen LogP contribution in [-0.2, 0) is 0 Å². The highest BCUT2D eigenvalue weighted by Gasteiger charge is 2.09. The fraction of sp³-hybridized carbons (Fsp3) is 0. The van der Waals surface area contributed by atoms with Gasteiger partial charge in [0.1, 0.15) is 6.07 Å². The summed E-state index contributed by atoms with van der Waals surface area (Å²) in [5.41, 5.74) is 7.79. The zero-order valence-electron chi connectivity index (χ0n) is 10.6. The van der Waals surface area contributed by atoms with Crippen LogP contribution in [0, 0.1) is 11.3 Å². The smallest absolute Gasteiger partial charge is 0.258 e. The predicted molar refractivity (Wildman–Crippen MR) is 79.1 cm³/mol. The van der Waals surface area contributed by atoms with Gasteiger partial charge in [-0.2, -0.15) is 5.26 Å². The van der Waals surface area contributed by atoms with Crippen LogP contribution in [0.25, 0.3) is 22.0 Å². The van der Waals surface area contributed by atoms with E-state index in [1.165, 1.54) is 0 Å². The standard InChI is InChI=1S/C16H11N3O/c17-9-12-7-6-11-8-13(10-4-2-1-3-5-10)19-16(20)14(11)15(12)18/h1-8H,18H2,(H,19,20). The largest absolute Gasteiger partial charge is 0.397 e. The van der Waals surface area contributed by atoms with Gasteiger partial charge in [0.25, 0.3) is 5.56 Å². The first-order chi connectivity index (χ1) is 9.70. The molecule has 0 atom stereocenters. The van der Waals surface area contributed by atoms with Gasteiger partial charge in [0, 0.05) is 5.69 Å². The molecule has 0 radical (unpaired) electrons. The number of rotatable bonds is 1. The van der Waals surface area contributed by atoms with Gasteiger partial charge in [0.05, 0.1) is 16.6 Å². The molecule has 96 valence electrons. The predicted octanol–water partition coefficient (Wildman–Crippen LogP) is 2.65. The van der Waals surface area contributed by atoms with Gasteiger partial charge in [-0.25, -0.2) is 0 Å². The first-order valence-electron chi connectivity index (χ1n) is 6.12. The molecule has 4 heteroatoms. The highest BCUT2D eigenvalue weighted by Crippen LogP contribution is 2.24. The molecule has 3 rings (SSSR count). The summed E-state index contributed by atoms with van der Waals surface area (Å²) in [6, 6.07) is 16.8. The molecular formula is C16H11N3O. The maximum absolute atomic E-state index is 12.2. The summed E-state index contributed by atoms with van der Waals surface area (Å²) in [4.78, 5) is 15.0. The minimum Gasteiger partial charge on any atom is -0.397 e. The molecule has 1 heterocycles. The van der Waals surface area contributed by atoms with Crippen LogP contribution in [0.1, 0.15) is 5.56 Å². The van der Waals surface area contributed by atoms with Crippen molar-refractivity contribution in [2.75, 3.05) is 5.73 Å². The Morgan fingerprint density at radius 3 is 2.55 bits per heavy atom. The van der Waals surface area contributed by atoms with Crippen LogP contribution < -0.4 is 11.3 Å². The quantitative estimate of drug-likeness (QED) is 0.660. The molecule has 4 nitrogen and oxygen atoms in total. The molecule has 3 aromatic rings. The van der Waals surface area contributed by atoms with E-state index in [1.807, 2.05) is 42.5 Å². The lowest BCUT2D eigenvalue weighted by atomic mass is 10.0. The number of aromatic amines is 1. The number of nitrogens with two attached hydrogens (primary N) is 1. The Morgan fingerprint density at radius 2 is 1.85 bits per heavy atom. The number of nitriles is 1. The highest BCUT2D eigenvalue weighted by molar-refractivity contribution is 5.96. The number of benzene rings is 2. The Kier molecular flexibility index (Phi) is 2.73. The van der Waals surface area contributed by atoms with Crippen LogP contribution in [-0.4, -0.2) is 4.98 Å². The molecule has 0 bridgehead atoms. The molecule has 0 spiro atoms. The van der Waals surface area contributed by atoms with Gasteiger partial charge in [-0.15, -0.1) is 0 Å². The van der Waals surface area contributed by atoms with Crippen molar-refractivity contribution >= 4 is 16.5 Å². The lowest BCUT2D eigenvalue weighted by Crippen LogP contribution is -2.10. The maximum Gasteiger partial charge on any atom is 0.258 e. The molecule has 3 N–H and O–H groups in total. The summed E-state index contributed by atoms with van der Waals surface area (Å²) in [7, 11) is 0. The van der Waals surface area contributed by atoms with Crippen LogP contribution in [0.15, 0.2) is 53.3 Å². The molecule has 0 aliphatic rings. The van der Waals surface area contributed by atoms with Crippen molar-refractivity contribution in [3.63, 3.8) is 0 Å². The molecule has 0 saturated carbocycles. The second-order valence-corrected chi connectivity index (χ2v) is 4.48. The normalized spacial score (nSPS) is 10.3. The van der Waals surface area contributed by atoms with Crippen molar-refractivity contribution in [2.45, 2.75) is 0 Å². The number of nitrogens with zero attached hydrogens (tertiary/aromatic N) is 1. The monoisotopic (exact) mass is 261 g/mol. The van der Waals surface area contributed by atoms with Crippen molar-refractivity contribution in [1.82, 2.24) is 4.98 Å². The van der Waals surface area contributed by atoms with Crippen molar-refractivity contribution in [3.8, 4) is 17.3 Å². The van der Waals surface area contributed by atoms with Gasteiger partial charge < -0.3 is 10.7 Å². The van der Waals surface area contributed by atoms with Crippen molar-refractivity contribution in [2.24, 2.45) is 0 Å². The molecule has 0 fully saturated rings. The number of aromatic nitrogens is 1. The minimum absolute atomic E-state index is 0.228. The van der Waals surface area contributed by atoms with Crippen molar-refractivity contribution in [1.29, 1.82) is 5.26 Å². The zero-order valence-corrected chi connectivity index (χ0v) is 10.6. The average Bonchev–Trinajstić information content (AvgIpc) is 2.48. The van der Waals surface area contributed by atoms with Crippen molar-refractivity contribution in [3.05, 3.63) is 64.4 Å². The number of nitrogens with one attached hydrogen (secondary N) is 1. The van der Waals surface area contributed by atoms with E-state index >= 15 is 0 Å². The Labute approximate surface area is 115 Å². The fourth-order valence-corrected chi connectivity index (χ4v) is 2.26. The summed E-state index contributed by atoms with van der Waals surface area (Å²) in [5.74, 6) is 0. The lowest BCUT2D eigenvalue weighted by Gasteiger charge is -2.06. The third-order valence-corrected chi connectivity index (χ3v) is 3.26. The molecule has 0 saturated heterocycles. The number of H-pyrrole nitrogens is 1. The minimum atomic E-state index is -0.282. The van der Waals surface area contributed by atoms with E-state index < -0.39 is 0 Å². The van der Waals surface area contributed by atoms with E-state index in [2.05, 4.69) is 4.98 Å². The van der Waals surface area contributed by atoms with E-state index in [0.29, 0.717) is 10.9 Å². The average molecular weight is 261 g/mol. The summed E-state index contributed by atoms with van der Waals surface area (Å²) >= 11 is 0. The molecule has 0 unspecified atom stereocenters. The van der Waals surface area contributed by atoms with E-state index in [0.717, 1.165) is 16.6 Å². The van der Waals surface area contributed by atoms with Crippen LogP contribution in [0.3, 0.4) is 0 Å². The van der Waals surface area contributed by atoms with Gasteiger partial charge in [-0.1, -0.05) is 36.4 Å². The third-order valence-electron chi connectivity index (χ3n) is 3.26. The number of fused-ring (bicyclic) bond motifs is 1. The Hall–Kier alpha value is -3.06. The lowest BCUT2D eigenvalue weighted by molar-refractivity contribution is 1.28. The van der Waals surface area contributed by atoms with Gasteiger partial charge in [0.15, 0.2) is 0 Å². The molecule has 0 aliphatic heterocycles. The van der Waals surface area contributed by atoms with Gasteiger partial charge in [0.2, 0.25) is 0 Å².